The van der Waals surface area contributed by atoms with Crippen molar-refractivity contribution in [1.82, 2.24) is 0 Å². The third kappa shape index (κ3) is 1.91. The Bertz CT molecular complexity index is 1000. The molecule has 0 saturated heterocycles. The van der Waals surface area contributed by atoms with Gasteiger partial charge in [0.15, 0.2) is 5.78 Å². The molecule has 1 aliphatic carbocycles. The summed E-state index contributed by atoms with van der Waals surface area (Å²) in [4.78, 5) is 26.3. The monoisotopic (exact) mass is 413 g/mol. The molecule has 2 heterocycles. The van der Waals surface area contributed by atoms with Crippen LogP contribution in [-0.2, 0) is 19.7 Å². The lowest BCUT2D eigenvalue weighted by atomic mass is 9.64. The quantitative estimate of drug-likeness (QED) is 0.679. The second-order valence-electron chi connectivity index (χ2n) is 7.01. The molecule has 132 valence electrons. The third-order valence-corrected chi connectivity index (χ3v) is 6.29. The highest BCUT2D eigenvalue weighted by molar-refractivity contribution is 9.10. The molecule has 1 aromatic rings. The molecule has 7 heteroatoms. The molecule has 4 rings (SSSR count). The summed E-state index contributed by atoms with van der Waals surface area (Å²) in [5, 5.41) is 12.6. The van der Waals surface area contributed by atoms with E-state index in [2.05, 4.69) is 21.2 Å². The van der Waals surface area contributed by atoms with E-state index in [1.54, 1.807) is 6.07 Å². The van der Waals surface area contributed by atoms with E-state index in [-0.39, 0.29) is 28.7 Å². The van der Waals surface area contributed by atoms with E-state index in [0.717, 1.165) is 5.56 Å². The van der Waals surface area contributed by atoms with Crippen molar-refractivity contribution in [2.24, 2.45) is 11.7 Å². The number of Topliss-reactive ketones (excluding diaryl/α,β-unsaturated/α-hetero) is 1. The molecule has 0 saturated carbocycles. The van der Waals surface area contributed by atoms with E-state index in [9.17, 15) is 14.9 Å². The van der Waals surface area contributed by atoms with Gasteiger partial charge in [-0.1, -0.05) is 28.9 Å². The lowest BCUT2D eigenvalue weighted by Gasteiger charge is -2.38. The minimum absolute atomic E-state index is 0.0401. The van der Waals surface area contributed by atoms with Crippen molar-refractivity contribution in [2.75, 3.05) is 5.32 Å². The predicted octanol–water partition coefficient (Wildman–Crippen LogP) is 2.92. The summed E-state index contributed by atoms with van der Waals surface area (Å²) in [6, 6.07) is 5.67. The smallest absolute Gasteiger partial charge is 0.245 e. The van der Waals surface area contributed by atoms with Gasteiger partial charge in [-0.2, -0.15) is 5.26 Å². The molecular formula is C19H16BrN3O3. The zero-order valence-corrected chi connectivity index (χ0v) is 15.9. The molecule has 1 spiro atoms. The number of benzene rings is 1. The van der Waals surface area contributed by atoms with Gasteiger partial charge >= 0.3 is 0 Å². The van der Waals surface area contributed by atoms with E-state index in [1.807, 2.05) is 26.0 Å². The van der Waals surface area contributed by atoms with Gasteiger partial charge in [-0.25, -0.2) is 0 Å². The highest BCUT2D eigenvalue weighted by Crippen LogP contribution is 2.56. The van der Waals surface area contributed by atoms with Gasteiger partial charge in [0, 0.05) is 28.6 Å². The normalized spacial score (nSPS) is 27.1. The zero-order chi connectivity index (χ0) is 18.8. The van der Waals surface area contributed by atoms with Crippen molar-refractivity contribution in [3.05, 3.63) is 50.5 Å². The maximum Gasteiger partial charge on any atom is 0.245 e. The molecular weight excluding hydrogens is 398 g/mol. The number of carbonyl (C=O) groups excluding carboxylic acids is 2. The highest BCUT2D eigenvalue weighted by Gasteiger charge is 2.61. The van der Waals surface area contributed by atoms with E-state index in [1.165, 1.54) is 0 Å². The number of nitriles is 1. The van der Waals surface area contributed by atoms with Gasteiger partial charge < -0.3 is 15.8 Å². The minimum Gasteiger partial charge on any atom is -0.444 e. The van der Waals surface area contributed by atoms with Crippen LogP contribution in [0.25, 0.3) is 0 Å². The lowest BCUT2D eigenvalue weighted by Crippen LogP contribution is -2.47. The van der Waals surface area contributed by atoms with Crippen LogP contribution < -0.4 is 11.1 Å². The molecule has 1 amide bonds. The van der Waals surface area contributed by atoms with E-state index in [4.69, 9.17) is 10.5 Å². The molecule has 6 nitrogen and oxygen atoms in total. The molecule has 2 aliphatic heterocycles. The number of hydrogen-bond donors (Lipinski definition) is 2. The Labute approximate surface area is 158 Å². The Hall–Kier alpha value is -2.59. The molecule has 3 aliphatic rings. The molecule has 1 aromatic carbocycles. The third-order valence-electron chi connectivity index (χ3n) is 5.27. The summed E-state index contributed by atoms with van der Waals surface area (Å²) in [6.07, 6.45) is 0.795. The van der Waals surface area contributed by atoms with Crippen LogP contribution in [0.5, 0.6) is 0 Å². The van der Waals surface area contributed by atoms with Crippen molar-refractivity contribution in [3.8, 4) is 6.07 Å². The number of amides is 1. The summed E-state index contributed by atoms with van der Waals surface area (Å²) in [5.74, 6) is -0.279. The number of allylic oxidation sites excluding steroid dienone is 1. The molecule has 3 N–H and O–H groups in total. The number of carbonyl (C=O) groups is 2. The van der Waals surface area contributed by atoms with Crippen LogP contribution in [0.3, 0.4) is 0 Å². The molecule has 0 aromatic heterocycles. The Morgan fingerprint density at radius 3 is 2.81 bits per heavy atom. The topological polar surface area (TPSA) is 105 Å². The van der Waals surface area contributed by atoms with Crippen LogP contribution in [0, 0.1) is 24.2 Å². The maximum absolute atomic E-state index is 13.3. The minimum atomic E-state index is -1.57. The Kier molecular flexibility index (Phi) is 3.53. The van der Waals surface area contributed by atoms with Crippen molar-refractivity contribution in [2.45, 2.75) is 32.1 Å². The number of ketones is 1. The number of nitrogens with two attached hydrogens (primary N) is 1. The number of ether oxygens (including phenoxy) is 1. The number of fused-ring (bicyclic) bond motifs is 3. The number of rotatable bonds is 0. The first-order valence-electron chi connectivity index (χ1n) is 8.28. The van der Waals surface area contributed by atoms with Gasteiger partial charge in [-0.3, -0.25) is 9.59 Å². The molecule has 26 heavy (non-hydrogen) atoms. The summed E-state index contributed by atoms with van der Waals surface area (Å²) >= 11 is 3.55. The second kappa shape index (κ2) is 5.45. The van der Waals surface area contributed by atoms with Crippen LogP contribution >= 0.6 is 15.9 Å². The Balaban J connectivity index is 2.15. The number of aryl methyl sites for hydroxylation is 1. The van der Waals surface area contributed by atoms with Crippen LogP contribution in [-0.4, -0.2) is 11.7 Å². The van der Waals surface area contributed by atoms with Gasteiger partial charge in [0.25, 0.3) is 0 Å². The average Bonchev–Trinajstić information content (AvgIpc) is 2.84. The van der Waals surface area contributed by atoms with Crippen molar-refractivity contribution in [3.63, 3.8) is 0 Å². The van der Waals surface area contributed by atoms with Crippen molar-refractivity contribution in [1.29, 1.82) is 5.26 Å². The molecule has 2 atom stereocenters. The predicted molar refractivity (Wildman–Crippen MR) is 97.5 cm³/mol. The first kappa shape index (κ1) is 16.9. The number of nitrogens with one attached hydrogen (secondary N) is 1. The van der Waals surface area contributed by atoms with Gasteiger partial charge in [-0.15, -0.1) is 0 Å². The number of halogens is 1. The van der Waals surface area contributed by atoms with E-state index < -0.39 is 11.3 Å². The van der Waals surface area contributed by atoms with Gasteiger partial charge in [0.1, 0.15) is 22.8 Å². The molecule has 0 fully saturated rings. The maximum atomic E-state index is 13.3. The number of anilines is 1. The van der Waals surface area contributed by atoms with Crippen molar-refractivity contribution < 1.29 is 14.3 Å². The summed E-state index contributed by atoms with van der Waals surface area (Å²) < 4.78 is 6.33. The van der Waals surface area contributed by atoms with Gasteiger partial charge in [0.2, 0.25) is 11.8 Å². The molecule has 0 bridgehead atoms. The first-order chi connectivity index (χ1) is 12.3. The molecule has 0 unspecified atom stereocenters. The van der Waals surface area contributed by atoms with E-state index in [0.29, 0.717) is 34.3 Å². The zero-order valence-electron chi connectivity index (χ0n) is 14.3. The van der Waals surface area contributed by atoms with Crippen LogP contribution in [0.15, 0.2) is 39.4 Å². The Morgan fingerprint density at radius 2 is 2.12 bits per heavy atom. The lowest BCUT2D eigenvalue weighted by molar-refractivity contribution is -0.123. The average molecular weight is 414 g/mol. The van der Waals surface area contributed by atoms with Crippen LogP contribution in [0.4, 0.5) is 5.69 Å². The van der Waals surface area contributed by atoms with Crippen LogP contribution in [0.2, 0.25) is 0 Å². The highest BCUT2D eigenvalue weighted by atomic mass is 79.9. The Morgan fingerprint density at radius 1 is 1.38 bits per heavy atom. The SMILES string of the molecule is Cc1ccc2c(c1Br)[C@]1(C(=O)N2)C(C#N)=C(N)OC2=C1C(=O)C[C@H](C)C2. The summed E-state index contributed by atoms with van der Waals surface area (Å²) in [7, 11) is 0. The number of nitrogens with zero attached hydrogens (tertiary/aromatic N) is 1. The fraction of sp³-hybridized carbons (Fsp3) is 0.316. The summed E-state index contributed by atoms with van der Waals surface area (Å²) in [6.45, 7) is 3.83. The number of hydrogen-bond acceptors (Lipinski definition) is 5. The standard InChI is InChI=1S/C19H16BrN3O3/c1-8-5-12(24)15-13(6-8)26-17(22)10(7-21)19(15)14-11(23-18(19)25)4-3-9(2)16(14)20/h3-4,8H,5-6,22H2,1-2H3,(H,23,25)/t8-,19+/m0/s1. The fourth-order valence-electron chi connectivity index (χ4n) is 4.17. The van der Waals surface area contributed by atoms with Crippen molar-refractivity contribution >= 4 is 33.3 Å². The van der Waals surface area contributed by atoms with Crippen LogP contribution in [0.1, 0.15) is 30.9 Å². The second-order valence-corrected chi connectivity index (χ2v) is 7.80. The first-order valence-corrected chi connectivity index (χ1v) is 9.07. The summed E-state index contributed by atoms with van der Waals surface area (Å²) in [5.41, 5.74) is 6.69. The van der Waals surface area contributed by atoms with E-state index >= 15 is 0 Å². The van der Waals surface area contributed by atoms with Gasteiger partial charge in [-0.05, 0) is 24.5 Å². The fourth-order valence-corrected chi connectivity index (χ4v) is 4.81. The molecule has 0 radical (unpaired) electrons. The largest absolute Gasteiger partial charge is 0.444 e. The van der Waals surface area contributed by atoms with Gasteiger partial charge in [0.05, 0.1) is 5.57 Å².